The van der Waals surface area contributed by atoms with E-state index in [1.54, 1.807) is 0 Å². The van der Waals surface area contributed by atoms with E-state index >= 15 is 0 Å². The van der Waals surface area contributed by atoms with Gasteiger partial charge in [0.05, 0.1) is 0 Å². The van der Waals surface area contributed by atoms with Gasteiger partial charge in [-0.15, -0.1) is 0 Å². The van der Waals surface area contributed by atoms with Crippen molar-refractivity contribution in [1.82, 2.24) is 0 Å². The van der Waals surface area contributed by atoms with Gasteiger partial charge in [-0.3, -0.25) is 0 Å². The van der Waals surface area contributed by atoms with E-state index in [0.717, 1.165) is 60.3 Å². The van der Waals surface area contributed by atoms with E-state index < -0.39 is 0 Å². The van der Waals surface area contributed by atoms with Crippen LogP contribution in [0.3, 0.4) is 0 Å². The molecule has 0 N–H and O–H groups in total. The van der Waals surface area contributed by atoms with Crippen LogP contribution in [0.25, 0.3) is 5.57 Å². The van der Waals surface area contributed by atoms with Gasteiger partial charge < -0.3 is 4.90 Å². The number of aryl methyl sites for hydroxylation is 2. The van der Waals surface area contributed by atoms with Crippen molar-refractivity contribution in [3.8, 4) is 12.1 Å². The molecule has 0 bridgehead atoms. The molecule has 4 rings (SSSR count). The van der Waals surface area contributed by atoms with Crippen LogP contribution in [0.1, 0.15) is 75.5 Å². The van der Waals surface area contributed by atoms with Crippen LogP contribution in [-0.4, -0.2) is 0 Å². The third kappa shape index (κ3) is 6.62. The molecule has 0 fully saturated rings. The third-order valence-electron chi connectivity index (χ3n) is 7.31. The fraction of sp³-hybridized carbons (Fsp3) is 0.314. The summed E-state index contributed by atoms with van der Waals surface area (Å²) < 4.78 is 0. The molecule has 0 radical (unpaired) electrons. The maximum Gasteiger partial charge on any atom is 0.132 e. The number of hydrogen-bond donors (Lipinski definition) is 0. The molecule has 1 aliphatic rings. The van der Waals surface area contributed by atoms with Crippen LogP contribution in [0.15, 0.2) is 90.0 Å². The predicted octanol–water partition coefficient (Wildman–Crippen LogP) is 9.75. The SMILES string of the molecule is CCCCc1ccc(N(c2ccc(CCCC)cc2)c2ccc(C3=CC(=C(C#N)C#N)CCC3)cc2)cc1. The van der Waals surface area contributed by atoms with Gasteiger partial charge in [-0.2, -0.15) is 10.5 Å². The Bertz CT molecular complexity index is 1280. The number of unbranched alkanes of at least 4 members (excludes halogenated alkanes) is 2. The second-order valence-electron chi connectivity index (χ2n) is 10.1. The smallest absolute Gasteiger partial charge is 0.132 e. The maximum atomic E-state index is 9.30. The summed E-state index contributed by atoms with van der Waals surface area (Å²) in [7, 11) is 0. The Morgan fingerprint density at radius 3 is 1.61 bits per heavy atom. The summed E-state index contributed by atoms with van der Waals surface area (Å²) in [5.41, 5.74) is 9.58. The van der Waals surface area contributed by atoms with Crippen molar-refractivity contribution in [2.75, 3.05) is 4.90 Å². The van der Waals surface area contributed by atoms with Crippen LogP contribution in [0.2, 0.25) is 0 Å². The average Bonchev–Trinajstić information content (AvgIpc) is 2.97. The molecule has 0 amide bonds. The second kappa shape index (κ2) is 13.5. The van der Waals surface area contributed by atoms with Crippen LogP contribution < -0.4 is 4.90 Å². The quantitative estimate of drug-likeness (QED) is 0.261. The van der Waals surface area contributed by atoms with Crippen molar-refractivity contribution in [2.24, 2.45) is 0 Å². The molecular weight excluding hydrogens is 462 g/mol. The molecule has 0 aromatic heterocycles. The van der Waals surface area contributed by atoms with Crippen LogP contribution in [0.4, 0.5) is 17.1 Å². The maximum absolute atomic E-state index is 9.30. The highest BCUT2D eigenvalue weighted by atomic mass is 15.1. The Kier molecular flexibility index (Phi) is 9.55. The zero-order valence-corrected chi connectivity index (χ0v) is 22.7. The van der Waals surface area contributed by atoms with Crippen molar-refractivity contribution >= 4 is 22.6 Å². The average molecular weight is 500 g/mol. The summed E-state index contributed by atoms with van der Waals surface area (Å²) in [6, 6.07) is 30.7. The predicted molar refractivity (Wildman–Crippen MR) is 158 cm³/mol. The van der Waals surface area contributed by atoms with Gasteiger partial charge in [0.25, 0.3) is 0 Å². The minimum Gasteiger partial charge on any atom is -0.311 e. The van der Waals surface area contributed by atoms with Crippen LogP contribution in [-0.2, 0) is 12.8 Å². The Morgan fingerprint density at radius 1 is 0.684 bits per heavy atom. The molecule has 3 heteroatoms. The molecule has 1 aliphatic carbocycles. The summed E-state index contributed by atoms with van der Waals surface area (Å²) in [6.07, 6.45) is 11.8. The minimum atomic E-state index is 0.231. The van der Waals surface area contributed by atoms with Gasteiger partial charge >= 0.3 is 0 Å². The number of allylic oxidation sites excluding steroid dienone is 4. The van der Waals surface area contributed by atoms with Crippen LogP contribution in [0.5, 0.6) is 0 Å². The Balaban J connectivity index is 1.67. The first kappa shape index (κ1) is 27.0. The Morgan fingerprint density at radius 2 is 1.16 bits per heavy atom. The zero-order chi connectivity index (χ0) is 26.7. The molecule has 0 saturated heterocycles. The first-order valence-corrected chi connectivity index (χ1v) is 14.0. The van der Waals surface area contributed by atoms with Gasteiger partial charge in [0.1, 0.15) is 17.7 Å². The lowest BCUT2D eigenvalue weighted by Gasteiger charge is -2.26. The monoisotopic (exact) mass is 499 g/mol. The van der Waals surface area contributed by atoms with Crippen molar-refractivity contribution in [2.45, 2.75) is 71.6 Å². The molecule has 0 saturated carbocycles. The van der Waals surface area contributed by atoms with E-state index in [1.165, 1.54) is 42.4 Å². The van der Waals surface area contributed by atoms with Gasteiger partial charge in [0, 0.05) is 17.1 Å². The molecule has 3 aromatic carbocycles. The fourth-order valence-corrected chi connectivity index (χ4v) is 5.07. The first-order chi connectivity index (χ1) is 18.7. The standard InChI is InChI=1S/C35H37N3/c1-3-5-8-27-12-18-33(19-13-27)38(34-20-14-28(15-21-34)9-6-4-2)35-22-16-29(17-23-35)30-10-7-11-31(24-30)32(25-36)26-37/h12-24H,3-11H2,1-2H3. The number of anilines is 3. The molecule has 192 valence electrons. The van der Waals surface area contributed by atoms with E-state index in [4.69, 9.17) is 0 Å². The van der Waals surface area contributed by atoms with Crippen molar-refractivity contribution in [3.63, 3.8) is 0 Å². The molecule has 38 heavy (non-hydrogen) atoms. The summed E-state index contributed by atoms with van der Waals surface area (Å²) in [5.74, 6) is 0. The normalized spacial score (nSPS) is 12.8. The molecule has 0 aliphatic heterocycles. The van der Waals surface area contributed by atoms with Gasteiger partial charge in [0.2, 0.25) is 0 Å². The van der Waals surface area contributed by atoms with E-state index in [1.807, 2.05) is 6.08 Å². The number of hydrogen-bond acceptors (Lipinski definition) is 3. The van der Waals surface area contributed by atoms with E-state index in [0.29, 0.717) is 0 Å². The highest BCUT2D eigenvalue weighted by Gasteiger charge is 2.16. The van der Waals surface area contributed by atoms with Crippen molar-refractivity contribution in [3.05, 3.63) is 107 Å². The number of rotatable bonds is 10. The third-order valence-corrected chi connectivity index (χ3v) is 7.31. The molecule has 0 atom stereocenters. The van der Waals surface area contributed by atoms with Gasteiger partial charge in [-0.1, -0.05) is 69.2 Å². The number of nitriles is 2. The number of nitrogens with zero attached hydrogens (tertiary/aromatic N) is 3. The molecular formula is C35H37N3. The topological polar surface area (TPSA) is 50.8 Å². The van der Waals surface area contributed by atoms with E-state index in [-0.39, 0.29) is 5.57 Å². The highest BCUT2D eigenvalue weighted by Crippen LogP contribution is 2.37. The summed E-state index contributed by atoms with van der Waals surface area (Å²) in [4.78, 5) is 2.32. The molecule has 0 unspecified atom stereocenters. The van der Waals surface area contributed by atoms with Gasteiger partial charge in [-0.25, -0.2) is 0 Å². The van der Waals surface area contributed by atoms with Crippen molar-refractivity contribution < 1.29 is 0 Å². The fourth-order valence-electron chi connectivity index (χ4n) is 5.07. The lowest BCUT2D eigenvalue weighted by Crippen LogP contribution is -2.10. The Hall–Kier alpha value is -4.08. The minimum absolute atomic E-state index is 0.231. The molecule has 3 nitrogen and oxygen atoms in total. The highest BCUT2D eigenvalue weighted by molar-refractivity contribution is 5.79. The number of benzene rings is 3. The second-order valence-corrected chi connectivity index (χ2v) is 10.1. The largest absolute Gasteiger partial charge is 0.311 e. The summed E-state index contributed by atoms with van der Waals surface area (Å²) in [6.45, 7) is 4.46. The molecule has 0 heterocycles. The molecule has 0 spiro atoms. The van der Waals surface area contributed by atoms with Crippen LogP contribution >= 0.6 is 0 Å². The van der Waals surface area contributed by atoms with E-state index in [9.17, 15) is 10.5 Å². The zero-order valence-electron chi connectivity index (χ0n) is 22.7. The van der Waals surface area contributed by atoms with Crippen molar-refractivity contribution in [1.29, 1.82) is 10.5 Å². The van der Waals surface area contributed by atoms with Crippen LogP contribution in [0, 0.1) is 22.7 Å². The lowest BCUT2D eigenvalue weighted by molar-refractivity contribution is 0.795. The Labute approximate surface area is 228 Å². The van der Waals surface area contributed by atoms with E-state index in [2.05, 4.69) is 104 Å². The molecule has 3 aromatic rings. The lowest BCUT2D eigenvalue weighted by atomic mass is 9.88. The first-order valence-electron chi connectivity index (χ1n) is 14.0. The van der Waals surface area contributed by atoms with Gasteiger partial charge in [-0.05, 0) is 109 Å². The van der Waals surface area contributed by atoms with Gasteiger partial charge in [0.15, 0.2) is 0 Å². The summed E-state index contributed by atoms with van der Waals surface area (Å²) >= 11 is 0. The summed E-state index contributed by atoms with van der Waals surface area (Å²) in [5, 5.41) is 18.6.